The second kappa shape index (κ2) is 11.0. The molecule has 0 atom stereocenters. The second-order valence-electron chi connectivity index (χ2n) is 8.68. The molecule has 190 valence electrons. The van der Waals surface area contributed by atoms with Gasteiger partial charge >= 0.3 is 0 Å². The molecule has 0 bridgehead atoms. The fourth-order valence-electron chi connectivity index (χ4n) is 4.02. The van der Waals surface area contributed by atoms with Crippen LogP contribution >= 0.6 is 11.8 Å². The minimum absolute atomic E-state index is 0.0142. The number of ether oxygens (including phenoxy) is 2. The molecule has 0 aliphatic carbocycles. The number of amides is 2. The van der Waals surface area contributed by atoms with Crippen LogP contribution in [0, 0.1) is 6.92 Å². The maximum Gasteiger partial charge on any atom is 0.290 e. The highest BCUT2D eigenvalue weighted by atomic mass is 32.2. The van der Waals surface area contributed by atoms with Gasteiger partial charge in [-0.3, -0.25) is 14.9 Å². The maximum atomic E-state index is 11.8. The van der Waals surface area contributed by atoms with E-state index in [0.717, 1.165) is 61.2 Å². The van der Waals surface area contributed by atoms with Gasteiger partial charge in [0.15, 0.2) is 0 Å². The summed E-state index contributed by atoms with van der Waals surface area (Å²) in [7, 11) is 0. The lowest BCUT2D eigenvalue weighted by Crippen LogP contribution is -2.39. The van der Waals surface area contributed by atoms with E-state index in [1.54, 1.807) is 18.2 Å². The van der Waals surface area contributed by atoms with Crippen LogP contribution in [0.15, 0.2) is 47.9 Å². The summed E-state index contributed by atoms with van der Waals surface area (Å²) < 4.78 is 12.3. The number of carbonyl (C=O) groups is 2. The highest BCUT2D eigenvalue weighted by molar-refractivity contribution is 8.18. The van der Waals surface area contributed by atoms with Crippen molar-refractivity contribution in [3.63, 3.8) is 0 Å². The zero-order valence-corrected chi connectivity index (χ0v) is 21.3. The number of piperidine rings is 1. The number of aryl methyl sites for hydroxylation is 1. The first-order chi connectivity index (χ1) is 18.0. The van der Waals surface area contributed by atoms with E-state index in [9.17, 15) is 9.59 Å². The van der Waals surface area contributed by atoms with E-state index >= 15 is 0 Å². The smallest absolute Gasteiger partial charge is 0.290 e. The largest absolute Gasteiger partial charge is 0.474 e. The van der Waals surface area contributed by atoms with Crippen LogP contribution < -0.4 is 19.7 Å². The molecule has 0 spiro atoms. The van der Waals surface area contributed by atoms with Gasteiger partial charge in [-0.25, -0.2) is 19.9 Å². The van der Waals surface area contributed by atoms with Crippen molar-refractivity contribution in [2.75, 3.05) is 18.0 Å². The first-order valence-corrected chi connectivity index (χ1v) is 12.9. The molecule has 3 aromatic rings. The molecule has 4 heterocycles. The van der Waals surface area contributed by atoms with E-state index in [0.29, 0.717) is 28.0 Å². The van der Waals surface area contributed by atoms with Gasteiger partial charge in [0.2, 0.25) is 17.7 Å². The summed E-state index contributed by atoms with van der Waals surface area (Å²) in [4.78, 5) is 43.3. The third kappa shape index (κ3) is 5.88. The van der Waals surface area contributed by atoms with Crippen LogP contribution in [-0.4, -0.2) is 50.3 Å². The Hall–Kier alpha value is -3.99. The molecule has 2 saturated heterocycles. The lowest BCUT2D eigenvalue weighted by Gasteiger charge is -2.32. The minimum Gasteiger partial charge on any atom is -0.474 e. The van der Waals surface area contributed by atoms with Gasteiger partial charge in [-0.1, -0.05) is 19.1 Å². The fourth-order valence-corrected chi connectivity index (χ4v) is 4.70. The van der Waals surface area contributed by atoms with Crippen LogP contribution in [0.5, 0.6) is 17.5 Å². The van der Waals surface area contributed by atoms with Crippen molar-refractivity contribution in [3.8, 4) is 17.5 Å². The number of thioether (sulfide) groups is 1. The Morgan fingerprint density at radius 1 is 1.11 bits per heavy atom. The van der Waals surface area contributed by atoms with Gasteiger partial charge in [0.05, 0.1) is 10.5 Å². The highest BCUT2D eigenvalue weighted by Gasteiger charge is 2.25. The number of hydrogen-bond acceptors (Lipinski definition) is 10. The van der Waals surface area contributed by atoms with E-state index in [2.05, 4.69) is 37.1 Å². The summed E-state index contributed by atoms with van der Waals surface area (Å²) >= 11 is 0.873. The zero-order chi connectivity index (χ0) is 25.8. The molecule has 0 radical (unpaired) electrons. The Bertz CT molecular complexity index is 1340. The van der Waals surface area contributed by atoms with Crippen molar-refractivity contribution in [3.05, 3.63) is 64.6 Å². The number of nitrogens with one attached hydrogen (secondary N) is 1. The van der Waals surface area contributed by atoms with Crippen molar-refractivity contribution in [1.29, 1.82) is 0 Å². The summed E-state index contributed by atoms with van der Waals surface area (Å²) in [5, 5.41) is 1.87. The molecule has 1 aromatic carbocycles. The van der Waals surface area contributed by atoms with Crippen LogP contribution in [0.4, 0.5) is 10.7 Å². The van der Waals surface area contributed by atoms with Gasteiger partial charge < -0.3 is 14.4 Å². The van der Waals surface area contributed by atoms with Crippen molar-refractivity contribution in [2.45, 2.75) is 39.2 Å². The molecule has 2 aromatic heterocycles. The quantitative estimate of drug-likeness (QED) is 0.453. The standard InChI is InChI=1S/C26H26N6O4S/c1-3-17-13-27-25(28-14-17)32-9-7-19(8-10-32)35-23-16(2)24(30-15-29-23)36-20-6-4-5-18(11-20)12-21-22(33)31-26(34)37-21/h4-6,11-15,19H,3,7-10H2,1-2H3,(H,31,33,34). The zero-order valence-electron chi connectivity index (χ0n) is 20.5. The summed E-state index contributed by atoms with van der Waals surface area (Å²) in [5.74, 6) is 1.77. The van der Waals surface area contributed by atoms with Gasteiger partial charge in [-0.2, -0.15) is 0 Å². The first kappa shape index (κ1) is 24.7. The van der Waals surface area contributed by atoms with Gasteiger partial charge in [0.25, 0.3) is 11.1 Å². The molecule has 2 aliphatic rings. The molecule has 11 heteroatoms. The molecular formula is C26H26N6O4S. The number of imide groups is 1. The third-order valence-corrected chi connectivity index (χ3v) is 6.92. The number of benzene rings is 1. The van der Waals surface area contributed by atoms with Crippen LogP contribution in [0.1, 0.15) is 36.5 Å². The number of nitrogens with zero attached hydrogens (tertiary/aromatic N) is 5. The van der Waals surface area contributed by atoms with Crippen LogP contribution in [0.25, 0.3) is 6.08 Å². The van der Waals surface area contributed by atoms with Gasteiger partial charge in [-0.05, 0) is 54.4 Å². The van der Waals surface area contributed by atoms with Gasteiger partial charge in [0, 0.05) is 38.3 Å². The van der Waals surface area contributed by atoms with E-state index in [1.807, 2.05) is 31.5 Å². The van der Waals surface area contributed by atoms with E-state index in [1.165, 1.54) is 6.33 Å². The van der Waals surface area contributed by atoms with Crippen molar-refractivity contribution < 1.29 is 19.1 Å². The molecule has 0 unspecified atom stereocenters. The Morgan fingerprint density at radius 2 is 1.86 bits per heavy atom. The Labute approximate surface area is 218 Å². The van der Waals surface area contributed by atoms with Crippen LogP contribution in [0.3, 0.4) is 0 Å². The number of aromatic nitrogens is 4. The lowest BCUT2D eigenvalue weighted by atomic mass is 10.1. The van der Waals surface area contributed by atoms with Crippen molar-refractivity contribution >= 4 is 34.9 Å². The minimum atomic E-state index is -0.400. The number of hydrogen-bond donors (Lipinski definition) is 1. The Morgan fingerprint density at radius 3 is 2.57 bits per heavy atom. The molecule has 10 nitrogen and oxygen atoms in total. The number of carbonyl (C=O) groups excluding carboxylic acids is 2. The maximum absolute atomic E-state index is 11.8. The highest BCUT2D eigenvalue weighted by Crippen LogP contribution is 2.31. The van der Waals surface area contributed by atoms with Crippen LogP contribution in [0.2, 0.25) is 0 Å². The van der Waals surface area contributed by atoms with Gasteiger partial charge in [-0.15, -0.1) is 0 Å². The topological polar surface area (TPSA) is 119 Å². The number of rotatable bonds is 7. The lowest BCUT2D eigenvalue weighted by molar-refractivity contribution is -0.115. The molecule has 37 heavy (non-hydrogen) atoms. The summed E-state index contributed by atoms with van der Waals surface area (Å²) in [6, 6.07) is 7.20. The third-order valence-electron chi connectivity index (χ3n) is 6.11. The first-order valence-electron chi connectivity index (χ1n) is 12.1. The molecule has 2 aliphatic heterocycles. The molecule has 0 saturated carbocycles. The summed E-state index contributed by atoms with van der Waals surface area (Å²) in [6.45, 7) is 5.55. The molecule has 2 fully saturated rings. The normalized spacial score (nSPS) is 17.2. The average Bonchev–Trinajstić information content (AvgIpc) is 3.23. The molecular weight excluding hydrogens is 492 g/mol. The number of anilines is 1. The average molecular weight is 519 g/mol. The summed E-state index contributed by atoms with van der Waals surface area (Å²) in [6.07, 6.45) is 9.42. The summed E-state index contributed by atoms with van der Waals surface area (Å²) in [5.41, 5.74) is 2.55. The predicted octanol–water partition coefficient (Wildman–Crippen LogP) is 4.30. The second-order valence-corrected chi connectivity index (χ2v) is 9.70. The Kier molecular flexibility index (Phi) is 7.31. The SMILES string of the molecule is CCc1cnc(N2CCC(Oc3ncnc(Oc4cccc(C=C5SC(=O)NC5=O)c4)c3C)CC2)nc1. The van der Waals surface area contributed by atoms with Gasteiger partial charge in [0.1, 0.15) is 18.2 Å². The van der Waals surface area contributed by atoms with E-state index < -0.39 is 5.91 Å². The van der Waals surface area contributed by atoms with E-state index in [4.69, 9.17) is 9.47 Å². The predicted molar refractivity (Wildman–Crippen MR) is 140 cm³/mol. The monoisotopic (exact) mass is 518 g/mol. The van der Waals surface area contributed by atoms with Crippen molar-refractivity contribution in [1.82, 2.24) is 25.3 Å². The van der Waals surface area contributed by atoms with E-state index in [-0.39, 0.29) is 11.3 Å². The Balaban J connectivity index is 1.22. The molecule has 5 rings (SSSR count). The van der Waals surface area contributed by atoms with Crippen LogP contribution in [-0.2, 0) is 11.2 Å². The molecule has 2 amide bonds. The molecule has 1 N–H and O–H groups in total. The van der Waals surface area contributed by atoms with Crippen molar-refractivity contribution in [2.24, 2.45) is 0 Å². The fraction of sp³-hybridized carbons (Fsp3) is 0.308.